The van der Waals surface area contributed by atoms with Crippen LogP contribution in [0.2, 0.25) is 0 Å². The molecule has 1 amide bonds. The molecule has 2 aromatic heterocycles. The normalized spacial score (nSPS) is 18.6. The molecule has 1 aliphatic rings. The number of benzene rings is 1. The molecule has 178 valence electrons. The molecule has 0 bridgehead atoms. The highest BCUT2D eigenvalue weighted by atomic mass is 19.4. The summed E-state index contributed by atoms with van der Waals surface area (Å²) in [5, 5.41) is 0. The highest BCUT2D eigenvalue weighted by Crippen LogP contribution is 2.32. The summed E-state index contributed by atoms with van der Waals surface area (Å²) in [6.45, 7) is 2.04. The molecule has 4 rings (SSSR count). The van der Waals surface area contributed by atoms with Crippen LogP contribution in [0.4, 0.5) is 22.0 Å². The van der Waals surface area contributed by atoms with Gasteiger partial charge in [-0.2, -0.15) is 13.2 Å². The number of halogens is 5. The van der Waals surface area contributed by atoms with Gasteiger partial charge in [-0.1, -0.05) is 0 Å². The van der Waals surface area contributed by atoms with E-state index in [4.69, 9.17) is 4.74 Å². The van der Waals surface area contributed by atoms with Crippen LogP contribution in [0.15, 0.2) is 48.9 Å². The summed E-state index contributed by atoms with van der Waals surface area (Å²) in [6, 6.07) is 5.02. The van der Waals surface area contributed by atoms with E-state index < -0.39 is 47.3 Å². The first kappa shape index (κ1) is 23.5. The molecule has 0 N–H and O–H groups in total. The molecular weight excluding hydrogens is 459 g/mol. The number of nitrogens with zero attached hydrogens (tertiary/aromatic N) is 4. The van der Waals surface area contributed by atoms with Gasteiger partial charge in [0.1, 0.15) is 11.9 Å². The number of pyridine rings is 1. The second-order valence-electron chi connectivity index (χ2n) is 7.81. The fourth-order valence-electron chi connectivity index (χ4n) is 3.84. The van der Waals surface area contributed by atoms with E-state index >= 15 is 0 Å². The lowest BCUT2D eigenvalue weighted by Gasteiger charge is -2.39. The highest BCUT2D eigenvalue weighted by Gasteiger charge is 2.36. The van der Waals surface area contributed by atoms with Crippen LogP contribution in [0, 0.1) is 11.6 Å². The Morgan fingerprint density at radius 1 is 1.12 bits per heavy atom. The number of amides is 1. The molecule has 0 spiro atoms. The molecule has 2 atom stereocenters. The summed E-state index contributed by atoms with van der Waals surface area (Å²) in [5.74, 6) is -2.62. The van der Waals surface area contributed by atoms with Crippen molar-refractivity contribution >= 4 is 5.91 Å². The zero-order valence-corrected chi connectivity index (χ0v) is 17.9. The second-order valence-corrected chi connectivity index (χ2v) is 7.81. The van der Waals surface area contributed by atoms with Gasteiger partial charge in [0.25, 0.3) is 11.8 Å². The van der Waals surface area contributed by atoms with Crippen molar-refractivity contribution < 1.29 is 31.5 Å². The van der Waals surface area contributed by atoms with Gasteiger partial charge in [-0.15, -0.1) is 0 Å². The maximum Gasteiger partial charge on any atom is 0.417 e. The summed E-state index contributed by atoms with van der Waals surface area (Å²) in [4.78, 5) is 26.6. The Labute approximate surface area is 191 Å². The summed E-state index contributed by atoms with van der Waals surface area (Å²) in [6.07, 6.45) is -1.07. The van der Waals surface area contributed by atoms with E-state index in [2.05, 4.69) is 15.0 Å². The predicted octanol–water partition coefficient (Wildman–Crippen LogP) is 4.91. The number of hydrogen-bond acceptors (Lipinski definition) is 5. The van der Waals surface area contributed by atoms with Crippen molar-refractivity contribution in [3.05, 3.63) is 71.7 Å². The Morgan fingerprint density at radius 2 is 1.85 bits per heavy atom. The van der Waals surface area contributed by atoms with Gasteiger partial charge in [-0.3, -0.25) is 4.79 Å². The molecule has 6 nitrogen and oxygen atoms in total. The third-order valence-corrected chi connectivity index (χ3v) is 5.59. The highest BCUT2D eigenvalue weighted by molar-refractivity contribution is 6.00. The smallest absolute Gasteiger partial charge is 0.417 e. The third kappa shape index (κ3) is 4.82. The van der Waals surface area contributed by atoms with Crippen molar-refractivity contribution in [3.63, 3.8) is 0 Å². The lowest BCUT2D eigenvalue weighted by Crippen LogP contribution is -2.51. The van der Waals surface area contributed by atoms with Gasteiger partial charge in [-0.25, -0.2) is 23.7 Å². The molecule has 3 aromatic rings. The van der Waals surface area contributed by atoms with Crippen LogP contribution in [0.1, 0.15) is 35.7 Å². The van der Waals surface area contributed by atoms with E-state index in [9.17, 15) is 26.7 Å². The van der Waals surface area contributed by atoms with Gasteiger partial charge in [0, 0.05) is 30.7 Å². The summed E-state index contributed by atoms with van der Waals surface area (Å²) < 4.78 is 72.1. The average Bonchev–Trinajstić information content (AvgIpc) is 2.81. The molecule has 1 aliphatic heterocycles. The van der Waals surface area contributed by atoms with E-state index in [0.717, 1.165) is 6.07 Å². The van der Waals surface area contributed by atoms with Gasteiger partial charge in [0.05, 0.1) is 17.2 Å². The summed E-state index contributed by atoms with van der Waals surface area (Å²) in [5.41, 5.74) is -0.826. The number of ether oxygens (including phenoxy) is 1. The van der Waals surface area contributed by atoms with Crippen LogP contribution in [-0.4, -0.2) is 44.4 Å². The largest absolute Gasteiger partial charge is 0.470 e. The minimum absolute atomic E-state index is 0.179. The Morgan fingerprint density at radius 3 is 2.53 bits per heavy atom. The van der Waals surface area contributed by atoms with Crippen LogP contribution < -0.4 is 4.74 Å². The van der Waals surface area contributed by atoms with E-state index in [1.54, 1.807) is 13.0 Å². The van der Waals surface area contributed by atoms with E-state index in [1.807, 2.05) is 0 Å². The summed E-state index contributed by atoms with van der Waals surface area (Å²) >= 11 is 0. The molecule has 0 aliphatic carbocycles. The number of rotatable bonds is 4. The fourth-order valence-corrected chi connectivity index (χ4v) is 3.84. The SMILES string of the molecule is CC1C(Oc2ncc(C(F)(F)F)cc2F)CCCN1C(=O)c1ccc(F)cc1-c1ncccn1. The van der Waals surface area contributed by atoms with Crippen LogP contribution >= 0.6 is 0 Å². The lowest BCUT2D eigenvalue weighted by atomic mass is 9.97. The Bertz CT molecular complexity index is 1190. The molecule has 34 heavy (non-hydrogen) atoms. The first-order chi connectivity index (χ1) is 16.1. The number of carbonyl (C=O) groups is 1. The minimum atomic E-state index is -4.73. The average molecular weight is 478 g/mol. The van der Waals surface area contributed by atoms with Crippen LogP contribution in [0.3, 0.4) is 0 Å². The molecule has 11 heteroatoms. The van der Waals surface area contributed by atoms with Crippen molar-refractivity contribution in [2.75, 3.05) is 6.54 Å². The molecule has 1 saturated heterocycles. The molecule has 3 heterocycles. The quantitative estimate of drug-likeness (QED) is 0.499. The zero-order chi connectivity index (χ0) is 24.5. The van der Waals surface area contributed by atoms with Crippen LogP contribution in [0.5, 0.6) is 5.88 Å². The zero-order valence-electron chi connectivity index (χ0n) is 17.9. The van der Waals surface area contributed by atoms with Crippen LogP contribution in [-0.2, 0) is 6.18 Å². The van der Waals surface area contributed by atoms with Gasteiger partial charge in [-0.05, 0) is 50.1 Å². The van der Waals surface area contributed by atoms with Crippen molar-refractivity contribution in [1.82, 2.24) is 19.9 Å². The van der Waals surface area contributed by atoms with Crippen molar-refractivity contribution in [2.45, 2.75) is 38.1 Å². The van der Waals surface area contributed by atoms with Gasteiger partial charge >= 0.3 is 6.18 Å². The molecular formula is C23H19F5N4O2. The predicted molar refractivity (Wildman–Crippen MR) is 111 cm³/mol. The maximum atomic E-state index is 14.2. The minimum Gasteiger partial charge on any atom is -0.470 e. The number of piperidine rings is 1. The van der Waals surface area contributed by atoms with E-state index in [1.165, 1.54) is 29.4 Å². The number of aromatic nitrogens is 3. The van der Waals surface area contributed by atoms with Crippen molar-refractivity contribution in [3.8, 4) is 17.3 Å². The molecule has 1 fully saturated rings. The van der Waals surface area contributed by atoms with Crippen LogP contribution in [0.25, 0.3) is 11.4 Å². The molecule has 0 radical (unpaired) electrons. The van der Waals surface area contributed by atoms with E-state index in [-0.39, 0.29) is 17.0 Å². The van der Waals surface area contributed by atoms with Gasteiger partial charge < -0.3 is 9.64 Å². The number of likely N-dealkylation sites (tertiary alicyclic amines) is 1. The molecule has 1 aromatic carbocycles. The monoisotopic (exact) mass is 478 g/mol. The fraction of sp³-hybridized carbons (Fsp3) is 0.304. The van der Waals surface area contributed by atoms with E-state index in [0.29, 0.717) is 31.6 Å². The molecule has 2 unspecified atom stereocenters. The standard InChI is InChI=1S/C23H19F5N4O2/c1-13-19(34-21-18(25)10-14(12-31-21)23(26,27)28)4-2-9-32(13)22(33)16-6-5-15(24)11-17(16)20-29-7-3-8-30-20/h3,5-8,10-13,19H,2,4,9H2,1H3. The lowest BCUT2D eigenvalue weighted by molar-refractivity contribution is -0.138. The number of alkyl halides is 3. The topological polar surface area (TPSA) is 68.2 Å². The Kier molecular flexibility index (Phi) is 6.45. The maximum absolute atomic E-state index is 14.2. The first-order valence-corrected chi connectivity index (χ1v) is 10.4. The van der Waals surface area contributed by atoms with Gasteiger partial charge in [0.15, 0.2) is 11.6 Å². The second kappa shape index (κ2) is 9.32. The van der Waals surface area contributed by atoms with Crippen molar-refractivity contribution in [1.29, 1.82) is 0 Å². The first-order valence-electron chi connectivity index (χ1n) is 10.4. The Hall–Kier alpha value is -3.63. The number of carbonyl (C=O) groups excluding carboxylic acids is 1. The van der Waals surface area contributed by atoms with Crippen molar-refractivity contribution in [2.24, 2.45) is 0 Å². The Balaban J connectivity index is 1.58. The number of hydrogen-bond donors (Lipinski definition) is 0. The van der Waals surface area contributed by atoms with Gasteiger partial charge in [0.2, 0.25) is 0 Å². The third-order valence-electron chi connectivity index (χ3n) is 5.59. The summed E-state index contributed by atoms with van der Waals surface area (Å²) in [7, 11) is 0. The molecule has 0 saturated carbocycles.